The summed E-state index contributed by atoms with van der Waals surface area (Å²) in [5, 5.41) is 10.2. The average Bonchev–Trinajstić information content (AvgIpc) is 3.98. The van der Waals surface area contributed by atoms with E-state index in [-0.39, 0.29) is 10.8 Å². The zero-order valence-corrected chi connectivity index (χ0v) is 34.8. The Morgan fingerprint density at radius 2 is 0.650 bits per heavy atom. The van der Waals surface area contributed by atoms with E-state index in [1.165, 1.54) is 121 Å². The van der Waals surface area contributed by atoms with Gasteiger partial charge in [0.1, 0.15) is 0 Å². The van der Waals surface area contributed by atoms with Crippen LogP contribution in [0, 0.1) is 0 Å². The number of rotatable bonds is 2. The third kappa shape index (κ3) is 4.25. The molecule has 288 valence electrons. The van der Waals surface area contributed by atoms with E-state index in [1.807, 2.05) is 0 Å². The van der Waals surface area contributed by atoms with Crippen molar-refractivity contribution in [2.45, 2.75) is 52.4 Å². The first kappa shape index (κ1) is 33.9. The number of benzene rings is 8. The maximum absolute atomic E-state index is 2.56. The molecule has 0 atom stereocenters. The first-order chi connectivity index (χ1) is 29.1. The number of fused-ring (bicyclic) bond motifs is 16. The van der Waals surface area contributed by atoms with E-state index in [4.69, 9.17) is 0 Å². The second kappa shape index (κ2) is 11.4. The van der Waals surface area contributed by atoms with Crippen molar-refractivity contribution in [1.82, 2.24) is 17.9 Å². The lowest BCUT2D eigenvalue weighted by atomic mass is 9.87. The standard InChI is InChI=1S/C56H44N4/c1-55(2,3)33-21-25-35(26-22-33)57-43-17-9-7-13-37(43)39-29-31-45-49(53(39)57)41-15-11-19-47-51(41)59(45)48-20-12-16-42-50-46(60(47)52(42)48)32-30-40-38-14-8-10-18-44(38)58(54(40)50)36-27-23-34(24-28-36)56(4,5)6/h7-32H,1-6H3. The second-order valence-electron chi connectivity index (χ2n) is 19.0. The SMILES string of the molecule is CC(C)(C)c1ccc(-n2c3ccccc3c3ccc4c(c5cccc6c5n4c4cccc5c7c8c(ccc7n6c54)c4ccccc4n8-c4ccc(C(C)(C)C)cc4)c32)cc1. The minimum atomic E-state index is 0.0768. The molecule has 0 spiro atoms. The first-order valence-electron chi connectivity index (χ1n) is 21.3. The highest BCUT2D eigenvalue weighted by Crippen LogP contribution is 2.47. The van der Waals surface area contributed by atoms with Crippen LogP contribution in [0.2, 0.25) is 0 Å². The van der Waals surface area contributed by atoms with Crippen LogP contribution in [0.3, 0.4) is 0 Å². The summed E-state index contributed by atoms with van der Waals surface area (Å²) in [6.07, 6.45) is 0. The molecule has 4 heteroatoms. The molecule has 0 saturated carbocycles. The molecule has 60 heavy (non-hydrogen) atoms. The average molecular weight is 773 g/mol. The van der Waals surface area contributed by atoms with Crippen LogP contribution < -0.4 is 0 Å². The predicted octanol–water partition coefficient (Wildman–Crippen LogP) is 15.0. The van der Waals surface area contributed by atoms with Gasteiger partial charge in [0.05, 0.1) is 55.2 Å². The van der Waals surface area contributed by atoms with Gasteiger partial charge in [-0.05, 0) is 82.6 Å². The van der Waals surface area contributed by atoms with Crippen LogP contribution in [0.5, 0.6) is 0 Å². The van der Waals surface area contributed by atoms with E-state index in [0.717, 1.165) is 0 Å². The van der Waals surface area contributed by atoms with Gasteiger partial charge < -0.3 is 17.9 Å². The van der Waals surface area contributed by atoms with Gasteiger partial charge in [-0.1, -0.05) is 139 Å². The van der Waals surface area contributed by atoms with Crippen molar-refractivity contribution in [3.8, 4) is 11.4 Å². The second-order valence-corrected chi connectivity index (χ2v) is 19.0. The van der Waals surface area contributed by atoms with Gasteiger partial charge in [0.2, 0.25) is 0 Å². The van der Waals surface area contributed by atoms with Gasteiger partial charge in [0.15, 0.2) is 0 Å². The Morgan fingerprint density at radius 3 is 1.05 bits per heavy atom. The summed E-state index contributed by atoms with van der Waals surface area (Å²) in [5.74, 6) is 0. The van der Waals surface area contributed by atoms with Gasteiger partial charge in [-0.2, -0.15) is 0 Å². The van der Waals surface area contributed by atoms with Crippen LogP contribution in [0.1, 0.15) is 52.7 Å². The van der Waals surface area contributed by atoms with Crippen molar-refractivity contribution in [2.75, 3.05) is 0 Å². The highest BCUT2D eigenvalue weighted by atomic mass is 15.0. The number of hydrogen-bond acceptors (Lipinski definition) is 0. The number of hydrogen-bond donors (Lipinski definition) is 0. The topological polar surface area (TPSA) is 18.7 Å². The monoisotopic (exact) mass is 772 g/mol. The molecule has 4 nitrogen and oxygen atoms in total. The van der Waals surface area contributed by atoms with Crippen LogP contribution in [0.15, 0.2) is 158 Å². The Kier molecular flexibility index (Phi) is 6.42. The Morgan fingerprint density at radius 1 is 0.283 bits per heavy atom. The smallest absolute Gasteiger partial charge is 0.0784 e. The summed E-state index contributed by atoms with van der Waals surface area (Å²) < 4.78 is 10.1. The van der Waals surface area contributed by atoms with E-state index in [9.17, 15) is 0 Å². The largest absolute Gasteiger partial charge is 0.309 e. The molecule has 0 unspecified atom stereocenters. The maximum atomic E-state index is 2.56. The number of nitrogens with zero attached hydrogens (tertiary/aromatic N) is 4. The van der Waals surface area contributed by atoms with Crippen molar-refractivity contribution >= 4 is 98.3 Å². The molecule has 0 N–H and O–H groups in total. The summed E-state index contributed by atoms with van der Waals surface area (Å²) >= 11 is 0. The lowest BCUT2D eigenvalue weighted by Gasteiger charge is -2.19. The molecule has 0 aliphatic carbocycles. The Hall–Kier alpha value is -7.04. The normalized spacial score (nSPS) is 13.2. The van der Waals surface area contributed by atoms with Crippen molar-refractivity contribution in [1.29, 1.82) is 0 Å². The lowest BCUT2D eigenvalue weighted by molar-refractivity contribution is 0.590. The van der Waals surface area contributed by atoms with E-state index in [2.05, 4.69) is 217 Å². The number of para-hydroxylation sites is 4. The highest BCUT2D eigenvalue weighted by molar-refractivity contribution is 6.32. The summed E-state index contributed by atoms with van der Waals surface area (Å²) in [7, 11) is 0. The predicted molar refractivity (Wildman–Crippen MR) is 256 cm³/mol. The van der Waals surface area contributed by atoms with Crippen molar-refractivity contribution in [2.24, 2.45) is 0 Å². The Balaban J connectivity index is 1.19. The summed E-state index contributed by atoms with van der Waals surface area (Å²) in [4.78, 5) is 0. The Bertz CT molecular complexity index is 3660. The van der Waals surface area contributed by atoms with Crippen molar-refractivity contribution in [3.05, 3.63) is 169 Å². The van der Waals surface area contributed by atoms with Crippen LogP contribution in [0.25, 0.3) is 110 Å². The third-order valence-electron chi connectivity index (χ3n) is 13.6. The fraction of sp³-hybridized carbons (Fsp3) is 0.143. The van der Waals surface area contributed by atoms with Gasteiger partial charge in [-0.25, -0.2) is 0 Å². The zero-order valence-electron chi connectivity index (χ0n) is 34.8. The zero-order chi connectivity index (χ0) is 40.4. The summed E-state index contributed by atoms with van der Waals surface area (Å²) in [6, 6.07) is 59.6. The molecule has 13 rings (SSSR count). The first-order valence-corrected chi connectivity index (χ1v) is 21.3. The fourth-order valence-corrected chi connectivity index (χ4v) is 10.8. The lowest BCUT2D eigenvalue weighted by Crippen LogP contribution is -2.10. The van der Waals surface area contributed by atoms with Gasteiger partial charge in [0, 0.05) is 54.5 Å². The molecular weight excluding hydrogens is 729 g/mol. The Labute approximate surface area is 347 Å². The fourth-order valence-electron chi connectivity index (χ4n) is 10.8. The molecule has 0 aliphatic heterocycles. The van der Waals surface area contributed by atoms with E-state index in [0.29, 0.717) is 0 Å². The van der Waals surface area contributed by atoms with E-state index in [1.54, 1.807) is 0 Å². The van der Waals surface area contributed by atoms with Crippen LogP contribution in [-0.2, 0) is 10.8 Å². The molecule has 0 amide bonds. The molecule has 0 radical (unpaired) electrons. The van der Waals surface area contributed by atoms with Gasteiger partial charge >= 0.3 is 0 Å². The molecule has 0 fully saturated rings. The molecule has 8 aromatic carbocycles. The third-order valence-corrected chi connectivity index (χ3v) is 13.6. The quantitative estimate of drug-likeness (QED) is 0.156. The van der Waals surface area contributed by atoms with Crippen LogP contribution in [-0.4, -0.2) is 17.9 Å². The molecular formula is C56H44N4. The molecule has 13 aromatic rings. The molecule has 0 saturated heterocycles. The van der Waals surface area contributed by atoms with Crippen LogP contribution in [0.4, 0.5) is 0 Å². The van der Waals surface area contributed by atoms with E-state index >= 15 is 0 Å². The van der Waals surface area contributed by atoms with Gasteiger partial charge in [0.25, 0.3) is 0 Å². The summed E-state index contributed by atoms with van der Waals surface area (Å²) in [5.41, 5.74) is 17.5. The van der Waals surface area contributed by atoms with Crippen molar-refractivity contribution < 1.29 is 0 Å². The van der Waals surface area contributed by atoms with Gasteiger partial charge in [-0.15, -0.1) is 0 Å². The van der Waals surface area contributed by atoms with Crippen molar-refractivity contribution in [3.63, 3.8) is 0 Å². The molecule has 0 bridgehead atoms. The highest BCUT2D eigenvalue weighted by Gasteiger charge is 2.27. The molecule has 5 heterocycles. The summed E-state index contributed by atoms with van der Waals surface area (Å²) in [6.45, 7) is 13.7. The van der Waals surface area contributed by atoms with Crippen LogP contribution >= 0.6 is 0 Å². The van der Waals surface area contributed by atoms with Gasteiger partial charge in [-0.3, -0.25) is 0 Å². The van der Waals surface area contributed by atoms with E-state index < -0.39 is 0 Å². The minimum absolute atomic E-state index is 0.0768. The molecule has 5 aromatic heterocycles. The molecule has 0 aliphatic rings. The number of aromatic nitrogens is 4. The minimum Gasteiger partial charge on any atom is -0.309 e. The maximum Gasteiger partial charge on any atom is 0.0784 e.